The lowest BCUT2D eigenvalue weighted by Crippen LogP contribution is -2.35. The molecule has 0 spiro atoms. The minimum atomic E-state index is -3.87. The number of hydrogen-bond donors (Lipinski definition) is 2. The van der Waals surface area contributed by atoms with E-state index in [9.17, 15) is 13.2 Å². The number of amides is 1. The molecule has 1 aliphatic rings. The maximum atomic E-state index is 13.4. The SMILES string of the molecule is CN(C)Cc1ccc2c(c1)CCC2NC(=O)C[C@@H](NS(=O)(=O)c1ccc2ccccc2c1)c1ccccc1. The molecule has 196 valence electrons. The van der Waals surface area contributed by atoms with Gasteiger partial charge < -0.3 is 10.2 Å². The van der Waals surface area contributed by atoms with Gasteiger partial charge in [-0.2, -0.15) is 0 Å². The maximum Gasteiger partial charge on any atom is 0.241 e. The Balaban J connectivity index is 1.33. The highest BCUT2D eigenvalue weighted by molar-refractivity contribution is 7.89. The third kappa shape index (κ3) is 5.96. The third-order valence-corrected chi connectivity index (χ3v) is 8.51. The van der Waals surface area contributed by atoms with E-state index in [2.05, 4.69) is 33.1 Å². The lowest BCUT2D eigenvalue weighted by molar-refractivity contribution is -0.122. The van der Waals surface area contributed by atoms with Crippen molar-refractivity contribution < 1.29 is 13.2 Å². The van der Waals surface area contributed by atoms with E-state index in [0.29, 0.717) is 0 Å². The summed E-state index contributed by atoms with van der Waals surface area (Å²) in [5.74, 6) is -0.185. The molecule has 6 nitrogen and oxygen atoms in total. The smallest absolute Gasteiger partial charge is 0.241 e. The normalized spacial score (nSPS) is 15.9. The molecular weight excluding hydrogens is 494 g/mol. The Kier molecular flexibility index (Phi) is 7.61. The van der Waals surface area contributed by atoms with Gasteiger partial charge in [-0.05, 0) is 72.1 Å². The van der Waals surface area contributed by atoms with Gasteiger partial charge in [-0.25, -0.2) is 13.1 Å². The molecule has 5 rings (SSSR count). The molecule has 0 saturated carbocycles. The van der Waals surface area contributed by atoms with Crippen LogP contribution in [-0.4, -0.2) is 33.3 Å². The van der Waals surface area contributed by atoms with Crippen molar-refractivity contribution in [3.63, 3.8) is 0 Å². The number of hydrogen-bond acceptors (Lipinski definition) is 4. The molecule has 0 aromatic heterocycles. The number of nitrogens with one attached hydrogen (secondary N) is 2. The molecule has 4 aromatic rings. The van der Waals surface area contributed by atoms with Crippen LogP contribution in [0.5, 0.6) is 0 Å². The number of rotatable bonds is 9. The van der Waals surface area contributed by atoms with Gasteiger partial charge in [0.1, 0.15) is 0 Å². The van der Waals surface area contributed by atoms with Gasteiger partial charge in [-0.3, -0.25) is 4.79 Å². The van der Waals surface area contributed by atoms with Crippen LogP contribution in [0.1, 0.15) is 47.2 Å². The molecule has 0 bridgehead atoms. The third-order valence-electron chi connectivity index (χ3n) is 7.04. The van der Waals surface area contributed by atoms with Crippen molar-refractivity contribution in [3.05, 3.63) is 113 Å². The highest BCUT2D eigenvalue weighted by Gasteiger charge is 2.28. The van der Waals surface area contributed by atoms with E-state index in [0.717, 1.165) is 41.3 Å². The first kappa shape index (κ1) is 26.1. The molecule has 4 aromatic carbocycles. The summed E-state index contributed by atoms with van der Waals surface area (Å²) in [5.41, 5.74) is 4.42. The van der Waals surface area contributed by atoms with Crippen LogP contribution < -0.4 is 10.0 Å². The topological polar surface area (TPSA) is 78.5 Å². The molecule has 0 radical (unpaired) electrons. The molecule has 1 aliphatic carbocycles. The van der Waals surface area contributed by atoms with Crippen molar-refractivity contribution in [2.75, 3.05) is 14.1 Å². The quantitative estimate of drug-likeness (QED) is 0.317. The van der Waals surface area contributed by atoms with Crippen LogP contribution in [0.15, 0.2) is 95.9 Å². The number of carbonyl (C=O) groups is 1. The fraction of sp³-hybridized carbons (Fsp3) is 0.258. The average molecular weight is 528 g/mol. The number of nitrogens with zero attached hydrogens (tertiary/aromatic N) is 1. The second kappa shape index (κ2) is 11.1. The number of fused-ring (bicyclic) bond motifs is 2. The fourth-order valence-corrected chi connectivity index (χ4v) is 6.49. The Labute approximate surface area is 224 Å². The molecular formula is C31H33N3O3S. The Bertz CT molecular complexity index is 1550. The average Bonchev–Trinajstić information content (AvgIpc) is 3.29. The highest BCUT2D eigenvalue weighted by Crippen LogP contribution is 2.32. The first-order chi connectivity index (χ1) is 18.3. The van der Waals surface area contributed by atoms with Gasteiger partial charge >= 0.3 is 0 Å². The molecule has 0 saturated heterocycles. The summed E-state index contributed by atoms with van der Waals surface area (Å²) in [5, 5.41) is 4.98. The van der Waals surface area contributed by atoms with Crippen LogP contribution in [0.25, 0.3) is 10.8 Å². The zero-order valence-corrected chi connectivity index (χ0v) is 22.5. The van der Waals surface area contributed by atoms with E-state index >= 15 is 0 Å². The van der Waals surface area contributed by atoms with Crippen LogP contribution >= 0.6 is 0 Å². The Morgan fingerprint density at radius 3 is 2.42 bits per heavy atom. The minimum Gasteiger partial charge on any atom is -0.349 e. The van der Waals surface area contributed by atoms with Gasteiger partial charge in [0.05, 0.1) is 17.0 Å². The van der Waals surface area contributed by atoms with Crippen molar-refractivity contribution in [2.45, 2.75) is 42.8 Å². The van der Waals surface area contributed by atoms with Crippen LogP contribution in [0.2, 0.25) is 0 Å². The van der Waals surface area contributed by atoms with Gasteiger partial charge in [0.2, 0.25) is 15.9 Å². The largest absolute Gasteiger partial charge is 0.349 e. The van der Waals surface area contributed by atoms with Crippen LogP contribution in [0.3, 0.4) is 0 Å². The molecule has 0 aliphatic heterocycles. The summed E-state index contributed by atoms with van der Waals surface area (Å²) >= 11 is 0. The van der Waals surface area contributed by atoms with E-state index in [-0.39, 0.29) is 23.3 Å². The van der Waals surface area contributed by atoms with Crippen molar-refractivity contribution in [1.82, 2.24) is 14.9 Å². The van der Waals surface area contributed by atoms with Gasteiger partial charge in [0.15, 0.2) is 0 Å². The second-order valence-corrected chi connectivity index (χ2v) is 11.9. The highest BCUT2D eigenvalue weighted by atomic mass is 32.2. The maximum absolute atomic E-state index is 13.4. The number of sulfonamides is 1. The second-order valence-electron chi connectivity index (χ2n) is 10.2. The molecule has 2 N–H and O–H groups in total. The van der Waals surface area contributed by atoms with E-state index in [1.54, 1.807) is 18.2 Å². The minimum absolute atomic E-state index is 0.00136. The summed E-state index contributed by atoms with van der Waals surface area (Å²) in [4.78, 5) is 15.6. The van der Waals surface area contributed by atoms with Crippen LogP contribution in [0.4, 0.5) is 0 Å². The predicted molar refractivity (Wildman–Crippen MR) is 151 cm³/mol. The first-order valence-corrected chi connectivity index (χ1v) is 14.4. The Morgan fingerprint density at radius 2 is 1.66 bits per heavy atom. The van der Waals surface area contributed by atoms with E-state index in [1.165, 1.54) is 11.1 Å². The number of benzene rings is 4. The summed E-state index contributed by atoms with van der Waals surface area (Å²) in [7, 11) is 0.229. The van der Waals surface area contributed by atoms with Crippen molar-refractivity contribution in [3.8, 4) is 0 Å². The Morgan fingerprint density at radius 1 is 0.921 bits per heavy atom. The molecule has 0 heterocycles. The molecule has 38 heavy (non-hydrogen) atoms. The summed E-state index contributed by atoms with van der Waals surface area (Å²) in [6, 6.07) is 27.7. The molecule has 7 heteroatoms. The lowest BCUT2D eigenvalue weighted by Gasteiger charge is -2.21. The summed E-state index contributed by atoms with van der Waals surface area (Å²) < 4.78 is 29.6. The van der Waals surface area contributed by atoms with Crippen molar-refractivity contribution in [2.24, 2.45) is 0 Å². The monoisotopic (exact) mass is 527 g/mol. The van der Waals surface area contributed by atoms with Crippen molar-refractivity contribution in [1.29, 1.82) is 0 Å². The van der Waals surface area contributed by atoms with E-state index < -0.39 is 16.1 Å². The number of carbonyl (C=O) groups excluding carboxylic acids is 1. The molecule has 0 fully saturated rings. The molecule has 1 amide bonds. The summed E-state index contributed by atoms with van der Waals surface area (Å²) in [6.07, 6.45) is 1.75. The zero-order chi connectivity index (χ0) is 26.7. The standard InChI is InChI=1S/C31H33N3O3S/c1-34(2)21-22-12-16-28-26(18-22)14-17-29(28)32-31(35)20-30(24-9-4-3-5-10-24)33-38(36,37)27-15-13-23-8-6-7-11-25(23)19-27/h3-13,15-16,18-19,29-30,33H,14,17,20-21H2,1-2H3,(H,32,35)/t29?,30-/m1/s1. The zero-order valence-electron chi connectivity index (χ0n) is 21.7. The van der Waals surface area contributed by atoms with Crippen molar-refractivity contribution >= 4 is 26.7 Å². The fourth-order valence-electron chi connectivity index (χ4n) is 5.23. The Hall–Kier alpha value is -3.52. The van der Waals surface area contributed by atoms with Gasteiger partial charge in [-0.15, -0.1) is 0 Å². The lowest BCUT2D eigenvalue weighted by atomic mass is 10.0. The van der Waals surface area contributed by atoms with Gasteiger partial charge in [-0.1, -0.05) is 78.9 Å². The van der Waals surface area contributed by atoms with Crippen LogP contribution in [0, 0.1) is 0 Å². The molecule has 1 unspecified atom stereocenters. The van der Waals surface area contributed by atoms with Crippen LogP contribution in [-0.2, 0) is 27.8 Å². The summed E-state index contributed by atoms with van der Waals surface area (Å²) in [6.45, 7) is 0.875. The van der Waals surface area contributed by atoms with E-state index in [1.807, 2.05) is 68.7 Å². The van der Waals surface area contributed by atoms with Gasteiger partial charge in [0, 0.05) is 13.0 Å². The molecule has 2 atom stereocenters. The predicted octanol–water partition coefficient (Wildman–Crippen LogP) is 5.11. The van der Waals surface area contributed by atoms with Gasteiger partial charge in [0.25, 0.3) is 0 Å². The number of aryl methyl sites for hydroxylation is 1. The first-order valence-electron chi connectivity index (χ1n) is 12.9. The van der Waals surface area contributed by atoms with E-state index in [4.69, 9.17) is 0 Å².